The van der Waals surface area contributed by atoms with Crippen molar-refractivity contribution in [1.82, 2.24) is 10.1 Å². The molecule has 0 saturated heterocycles. The summed E-state index contributed by atoms with van der Waals surface area (Å²) >= 11 is 0. The van der Waals surface area contributed by atoms with Crippen molar-refractivity contribution in [3.8, 4) is 11.3 Å². The summed E-state index contributed by atoms with van der Waals surface area (Å²) in [6.07, 6.45) is 0. The van der Waals surface area contributed by atoms with E-state index in [9.17, 15) is 18.8 Å². The Labute approximate surface area is 192 Å². The molecule has 9 nitrogen and oxygen atoms in total. The fraction of sp³-hybridized carbons (Fsp3) is 0.125. The number of carbonyl (C=O) groups excluding carboxylic acids is 3. The van der Waals surface area contributed by atoms with E-state index in [4.69, 9.17) is 9.26 Å². The maximum Gasteiger partial charge on any atom is 0.339 e. The maximum absolute atomic E-state index is 13.3. The number of esters is 2. The van der Waals surface area contributed by atoms with Crippen LogP contribution in [0, 0.1) is 12.7 Å². The molecule has 0 atom stereocenters. The molecular weight excluding hydrogens is 445 g/mol. The van der Waals surface area contributed by atoms with Crippen LogP contribution in [0.25, 0.3) is 22.4 Å². The number of ether oxygens (including phenoxy) is 2. The van der Waals surface area contributed by atoms with Gasteiger partial charge in [-0.05, 0) is 61.5 Å². The molecule has 0 radical (unpaired) electrons. The van der Waals surface area contributed by atoms with Gasteiger partial charge in [-0.1, -0.05) is 5.16 Å². The number of halogens is 1. The number of carbonyl (C=O) groups is 3. The lowest BCUT2D eigenvalue weighted by Crippen LogP contribution is -2.21. The number of aromatic nitrogens is 2. The first-order chi connectivity index (χ1) is 16.4. The van der Waals surface area contributed by atoms with Crippen LogP contribution in [-0.4, -0.2) is 41.7 Å². The van der Waals surface area contributed by atoms with Crippen LogP contribution < -0.4 is 5.32 Å². The molecule has 0 aliphatic heterocycles. The second-order valence-electron chi connectivity index (χ2n) is 7.20. The Morgan fingerprint density at radius 1 is 1.03 bits per heavy atom. The van der Waals surface area contributed by atoms with Crippen LogP contribution in [0.4, 0.5) is 10.1 Å². The largest absolute Gasteiger partial charge is 0.465 e. The van der Waals surface area contributed by atoms with Crippen molar-refractivity contribution >= 4 is 34.6 Å². The molecule has 4 aromatic rings. The van der Waals surface area contributed by atoms with Crippen LogP contribution >= 0.6 is 0 Å². The highest BCUT2D eigenvalue weighted by Gasteiger charge is 2.21. The fourth-order valence-corrected chi connectivity index (χ4v) is 3.24. The lowest BCUT2D eigenvalue weighted by Gasteiger charge is -2.09. The Hall–Kier alpha value is -4.60. The predicted molar refractivity (Wildman–Crippen MR) is 119 cm³/mol. The molecule has 2 aromatic carbocycles. The van der Waals surface area contributed by atoms with Crippen LogP contribution in [0.15, 0.2) is 59.1 Å². The summed E-state index contributed by atoms with van der Waals surface area (Å²) in [5, 5.41) is 6.78. The first-order valence-electron chi connectivity index (χ1n) is 10.0. The van der Waals surface area contributed by atoms with Gasteiger partial charge in [0.2, 0.25) is 0 Å². The summed E-state index contributed by atoms with van der Waals surface area (Å²) in [5.74, 6) is -2.27. The minimum absolute atomic E-state index is 0.110. The van der Waals surface area contributed by atoms with Crippen LogP contribution in [0.1, 0.15) is 26.4 Å². The standard InChI is InChI=1S/C24H18FN3O6/c1-13-21-18(11-19(27-22(21)34-28-13)14-3-7-16(25)8-4-14)24(31)33-12-20(29)26-17-9-5-15(6-10-17)23(30)32-2/h3-11H,12H2,1-2H3,(H,26,29). The number of pyridine rings is 1. The third-order valence-electron chi connectivity index (χ3n) is 4.90. The number of anilines is 1. The van der Waals surface area contributed by atoms with Gasteiger partial charge >= 0.3 is 11.9 Å². The summed E-state index contributed by atoms with van der Waals surface area (Å²) in [6.45, 7) is 1.09. The molecule has 4 rings (SSSR count). The molecule has 0 aliphatic carbocycles. The van der Waals surface area contributed by atoms with Gasteiger partial charge in [-0.25, -0.2) is 19.0 Å². The van der Waals surface area contributed by atoms with E-state index in [0.717, 1.165) is 0 Å². The number of rotatable bonds is 6. The molecule has 0 aliphatic rings. The first-order valence-corrected chi connectivity index (χ1v) is 10.0. The Balaban J connectivity index is 1.50. The van der Waals surface area contributed by atoms with Gasteiger partial charge < -0.3 is 19.3 Å². The minimum Gasteiger partial charge on any atom is -0.465 e. The van der Waals surface area contributed by atoms with Gasteiger partial charge in [-0.3, -0.25) is 4.79 Å². The number of hydrogen-bond acceptors (Lipinski definition) is 8. The number of nitrogens with zero attached hydrogens (tertiary/aromatic N) is 2. The molecule has 1 amide bonds. The quantitative estimate of drug-likeness (QED) is 0.427. The Bertz CT molecular complexity index is 1380. The molecule has 10 heteroatoms. The zero-order valence-corrected chi connectivity index (χ0v) is 18.1. The maximum atomic E-state index is 13.3. The molecule has 0 unspecified atom stereocenters. The molecule has 2 aromatic heterocycles. The zero-order valence-electron chi connectivity index (χ0n) is 18.1. The number of fused-ring (bicyclic) bond motifs is 1. The van der Waals surface area contributed by atoms with Crippen molar-refractivity contribution in [2.24, 2.45) is 0 Å². The summed E-state index contributed by atoms with van der Waals surface area (Å²) in [5.41, 5.74) is 2.29. The summed E-state index contributed by atoms with van der Waals surface area (Å²) in [6, 6.07) is 13.1. The molecule has 0 fully saturated rings. The summed E-state index contributed by atoms with van der Waals surface area (Å²) < 4.78 is 28.3. The number of methoxy groups -OCH3 is 1. The van der Waals surface area contributed by atoms with E-state index in [1.54, 1.807) is 6.92 Å². The van der Waals surface area contributed by atoms with Crippen molar-refractivity contribution in [2.45, 2.75) is 6.92 Å². The summed E-state index contributed by atoms with van der Waals surface area (Å²) in [7, 11) is 1.27. The van der Waals surface area contributed by atoms with E-state index in [1.807, 2.05) is 0 Å². The van der Waals surface area contributed by atoms with Gasteiger partial charge in [0.1, 0.15) is 5.82 Å². The third kappa shape index (κ3) is 4.75. The van der Waals surface area contributed by atoms with E-state index in [-0.39, 0.29) is 11.3 Å². The summed E-state index contributed by atoms with van der Waals surface area (Å²) in [4.78, 5) is 40.9. The second-order valence-corrected chi connectivity index (χ2v) is 7.20. The van der Waals surface area contributed by atoms with Crippen molar-refractivity contribution in [3.63, 3.8) is 0 Å². The van der Waals surface area contributed by atoms with Gasteiger partial charge in [0.15, 0.2) is 6.61 Å². The third-order valence-corrected chi connectivity index (χ3v) is 4.90. The zero-order chi connectivity index (χ0) is 24.2. The van der Waals surface area contributed by atoms with E-state index in [2.05, 4.69) is 20.2 Å². The van der Waals surface area contributed by atoms with Gasteiger partial charge in [-0.15, -0.1) is 0 Å². The molecule has 0 spiro atoms. The van der Waals surface area contributed by atoms with Gasteiger partial charge in [0, 0.05) is 11.3 Å². The van der Waals surface area contributed by atoms with Crippen LogP contribution in [0.2, 0.25) is 0 Å². The van der Waals surface area contributed by atoms with E-state index >= 15 is 0 Å². The van der Waals surface area contributed by atoms with Crippen molar-refractivity contribution < 1.29 is 32.8 Å². The topological polar surface area (TPSA) is 121 Å². The Morgan fingerprint density at radius 2 is 1.74 bits per heavy atom. The van der Waals surface area contributed by atoms with Gasteiger partial charge in [0.25, 0.3) is 11.6 Å². The van der Waals surface area contributed by atoms with Crippen molar-refractivity contribution in [2.75, 3.05) is 19.0 Å². The van der Waals surface area contributed by atoms with Crippen molar-refractivity contribution in [1.29, 1.82) is 0 Å². The highest BCUT2D eigenvalue weighted by Crippen LogP contribution is 2.27. The highest BCUT2D eigenvalue weighted by molar-refractivity contribution is 6.05. The lowest BCUT2D eigenvalue weighted by atomic mass is 10.1. The lowest BCUT2D eigenvalue weighted by molar-refractivity contribution is -0.119. The van der Waals surface area contributed by atoms with E-state index in [1.165, 1.54) is 61.7 Å². The molecule has 2 heterocycles. The smallest absolute Gasteiger partial charge is 0.339 e. The molecule has 1 N–H and O–H groups in total. The number of nitrogens with one attached hydrogen (secondary N) is 1. The average molecular weight is 463 g/mol. The van der Waals surface area contributed by atoms with Crippen LogP contribution in [0.3, 0.4) is 0 Å². The Kier molecular flexibility index (Phi) is 6.30. The van der Waals surface area contributed by atoms with E-state index in [0.29, 0.717) is 33.6 Å². The average Bonchev–Trinajstić information content (AvgIpc) is 3.23. The SMILES string of the molecule is COC(=O)c1ccc(NC(=O)COC(=O)c2cc(-c3ccc(F)cc3)nc3onc(C)c23)cc1. The monoisotopic (exact) mass is 463 g/mol. The molecule has 34 heavy (non-hydrogen) atoms. The second kappa shape index (κ2) is 9.49. The van der Waals surface area contributed by atoms with Crippen molar-refractivity contribution in [3.05, 3.63) is 77.2 Å². The van der Waals surface area contributed by atoms with Gasteiger partial charge in [-0.2, -0.15) is 0 Å². The number of benzene rings is 2. The van der Waals surface area contributed by atoms with Crippen LogP contribution in [0.5, 0.6) is 0 Å². The molecule has 172 valence electrons. The normalized spacial score (nSPS) is 10.7. The van der Waals surface area contributed by atoms with Gasteiger partial charge in [0.05, 0.1) is 35.0 Å². The number of hydrogen-bond donors (Lipinski definition) is 1. The van der Waals surface area contributed by atoms with Crippen LogP contribution in [-0.2, 0) is 14.3 Å². The predicted octanol–water partition coefficient (Wildman–Crippen LogP) is 3.92. The fourth-order valence-electron chi connectivity index (χ4n) is 3.24. The Morgan fingerprint density at radius 3 is 2.41 bits per heavy atom. The van der Waals surface area contributed by atoms with E-state index < -0.39 is 30.3 Å². The first kappa shape index (κ1) is 22.6. The number of aryl methyl sites for hydroxylation is 1. The minimum atomic E-state index is -0.779. The molecule has 0 bridgehead atoms. The number of amides is 1. The highest BCUT2D eigenvalue weighted by atomic mass is 19.1. The molecular formula is C24H18FN3O6. The molecule has 0 saturated carbocycles.